The fourth-order valence-electron chi connectivity index (χ4n) is 4.72. The highest BCUT2D eigenvalue weighted by Crippen LogP contribution is 2.34. The van der Waals surface area contributed by atoms with Crippen molar-refractivity contribution in [3.8, 4) is 5.75 Å². The largest absolute Gasteiger partial charge is 0.488 e. The quantitative estimate of drug-likeness (QED) is 0.613. The minimum absolute atomic E-state index is 0.0866. The maximum absolute atomic E-state index is 12.5. The molecule has 1 aliphatic heterocycles. The van der Waals surface area contributed by atoms with Crippen LogP contribution in [-0.2, 0) is 11.3 Å². The monoisotopic (exact) mass is 450 g/mol. The summed E-state index contributed by atoms with van der Waals surface area (Å²) in [7, 11) is 0. The number of aromatic nitrogens is 4. The van der Waals surface area contributed by atoms with Crippen LogP contribution in [0.5, 0.6) is 5.75 Å². The number of anilines is 2. The van der Waals surface area contributed by atoms with E-state index in [1.807, 2.05) is 13.0 Å². The van der Waals surface area contributed by atoms with Crippen molar-refractivity contribution in [2.45, 2.75) is 51.3 Å². The van der Waals surface area contributed by atoms with E-state index in [1.165, 1.54) is 6.20 Å². The average Bonchev–Trinajstić information content (AvgIpc) is 2.86. The van der Waals surface area contributed by atoms with Crippen LogP contribution in [0.25, 0.3) is 11.0 Å². The number of ether oxygens (including phenoxy) is 2. The maximum atomic E-state index is 12.5. The molecule has 174 valence electrons. The van der Waals surface area contributed by atoms with E-state index in [0.29, 0.717) is 31.7 Å². The van der Waals surface area contributed by atoms with Gasteiger partial charge in [-0.3, -0.25) is 4.79 Å². The van der Waals surface area contributed by atoms with Crippen molar-refractivity contribution in [1.29, 1.82) is 0 Å². The Balaban J connectivity index is 1.38. The summed E-state index contributed by atoms with van der Waals surface area (Å²) in [6.07, 6.45) is 8.78. The Morgan fingerprint density at radius 2 is 1.85 bits per heavy atom. The predicted octanol–water partition coefficient (Wildman–Crippen LogP) is 2.85. The van der Waals surface area contributed by atoms with Crippen LogP contribution >= 0.6 is 0 Å². The van der Waals surface area contributed by atoms with Crippen LogP contribution in [0, 0.1) is 0 Å². The zero-order valence-electron chi connectivity index (χ0n) is 18.9. The molecule has 2 aliphatic rings. The number of rotatable bonds is 6. The van der Waals surface area contributed by atoms with Crippen LogP contribution in [0.3, 0.4) is 0 Å². The third-order valence-corrected chi connectivity index (χ3v) is 6.45. The van der Waals surface area contributed by atoms with Crippen LogP contribution in [0.15, 0.2) is 41.6 Å². The van der Waals surface area contributed by atoms with Gasteiger partial charge >= 0.3 is 0 Å². The third-order valence-electron chi connectivity index (χ3n) is 6.45. The molecule has 1 saturated carbocycles. The first-order valence-corrected chi connectivity index (χ1v) is 11.8. The van der Waals surface area contributed by atoms with Crippen LogP contribution in [-0.4, -0.2) is 58.0 Å². The molecular weight excluding hydrogens is 420 g/mol. The second kappa shape index (κ2) is 9.74. The summed E-state index contributed by atoms with van der Waals surface area (Å²) in [5.41, 5.74) is 2.52. The van der Waals surface area contributed by atoms with E-state index in [1.54, 1.807) is 17.0 Å². The Kier molecular flexibility index (Phi) is 6.39. The lowest BCUT2D eigenvalue weighted by Crippen LogP contribution is -2.36. The number of hydrogen-bond donors (Lipinski definition) is 1. The molecule has 0 radical (unpaired) electrons. The topological polar surface area (TPSA) is 94.4 Å². The van der Waals surface area contributed by atoms with Gasteiger partial charge in [-0.15, -0.1) is 0 Å². The van der Waals surface area contributed by atoms with Gasteiger partial charge in [-0.05, 0) is 44.7 Å². The van der Waals surface area contributed by atoms with Crippen LogP contribution in [0.1, 0.15) is 32.6 Å². The van der Waals surface area contributed by atoms with E-state index >= 15 is 0 Å². The number of nitrogens with one attached hydrogen (secondary N) is 1. The highest BCUT2D eigenvalue weighted by Gasteiger charge is 2.25. The number of morpholine rings is 1. The zero-order valence-corrected chi connectivity index (χ0v) is 18.9. The highest BCUT2D eigenvalue weighted by atomic mass is 16.5. The molecule has 0 atom stereocenters. The number of benzene rings is 1. The van der Waals surface area contributed by atoms with Gasteiger partial charge in [-0.2, -0.15) is 0 Å². The molecule has 0 amide bonds. The van der Waals surface area contributed by atoms with Crippen molar-refractivity contribution in [1.82, 2.24) is 19.5 Å². The average molecular weight is 451 g/mol. The second-order valence-corrected chi connectivity index (χ2v) is 8.56. The molecule has 0 bridgehead atoms. The van der Waals surface area contributed by atoms with Gasteiger partial charge in [0.25, 0.3) is 5.56 Å². The van der Waals surface area contributed by atoms with Crippen LogP contribution < -0.4 is 20.5 Å². The molecule has 0 unspecified atom stereocenters. The number of aryl methyl sites for hydroxylation is 1. The third kappa shape index (κ3) is 4.78. The summed E-state index contributed by atoms with van der Waals surface area (Å²) in [5, 5.41) is 3.42. The SMILES string of the molecule is CCn1c(=O)cnc2cc(N3CCOCC3)cc(OC3CCC(Nc4ncccn4)CC3)c21. The molecule has 1 saturated heterocycles. The molecule has 0 spiro atoms. The van der Waals surface area contributed by atoms with Gasteiger partial charge in [0.05, 0.1) is 31.0 Å². The Morgan fingerprint density at radius 1 is 1.09 bits per heavy atom. The Bertz CT molecular complexity index is 1140. The molecule has 9 nitrogen and oxygen atoms in total. The molecular formula is C24H30N6O3. The summed E-state index contributed by atoms with van der Waals surface area (Å²) < 4.78 is 13.8. The smallest absolute Gasteiger partial charge is 0.269 e. The van der Waals surface area contributed by atoms with Gasteiger partial charge in [0.2, 0.25) is 5.95 Å². The number of fused-ring (bicyclic) bond motifs is 1. The van der Waals surface area contributed by atoms with Crippen molar-refractivity contribution < 1.29 is 9.47 Å². The summed E-state index contributed by atoms with van der Waals surface area (Å²) in [6, 6.07) is 6.28. The predicted molar refractivity (Wildman–Crippen MR) is 127 cm³/mol. The van der Waals surface area contributed by atoms with Crippen LogP contribution in [0.2, 0.25) is 0 Å². The fourth-order valence-corrected chi connectivity index (χ4v) is 4.72. The minimum atomic E-state index is -0.107. The first kappa shape index (κ1) is 21.6. The van der Waals surface area contributed by atoms with E-state index in [0.717, 1.165) is 61.2 Å². The van der Waals surface area contributed by atoms with E-state index in [4.69, 9.17) is 9.47 Å². The van der Waals surface area contributed by atoms with E-state index in [2.05, 4.69) is 37.3 Å². The van der Waals surface area contributed by atoms with Crippen molar-refractivity contribution in [3.63, 3.8) is 0 Å². The normalized spacial score (nSPS) is 21.2. The number of nitrogens with zero attached hydrogens (tertiary/aromatic N) is 5. The summed E-state index contributed by atoms with van der Waals surface area (Å²) in [4.78, 5) is 27.8. The lowest BCUT2D eigenvalue weighted by Gasteiger charge is -2.32. The first-order valence-electron chi connectivity index (χ1n) is 11.8. The van der Waals surface area contributed by atoms with Gasteiger partial charge in [0, 0.05) is 49.8 Å². The molecule has 33 heavy (non-hydrogen) atoms. The van der Waals surface area contributed by atoms with Crippen molar-refractivity contribution in [2.24, 2.45) is 0 Å². The van der Waals surface area contributed by atoms with Gasteiger partial charge < -0.3 is 24.3 Å². The first-order chi connectivity index (χ1) is 16.2. The van der Waals surface area contributed by atoms with Gasteiger partial charge in [-0.25, -0.2) is 15.0 Å². The molecule has 3 heterocycles. The van der Waals surface area contributed by atoms with Gasteiger partial charge in [0.1, 0.15) is 11.3 Å². The zero-order chi connectivity index (χ0) is 22.6. The molecule has 3 aromatic rings. The molecule has 5 rings (SSSR count). The van der Waals surface area contributed by atoms with E-state index in [9.17, 15) is 4.79 Å². The maximum Gasteiger partial charge on any atom is 0.269 e. The molecule has 1 aromatic carbocycles. The van der Waals surface area contributed by atoms with Crippen LogP contribution in [0.4, 0.5) is 11.6 Å². The molecule has 9 heteroatoms. The standard InChI is InChI=1S/C24H30N6O3/c1-2-30-22(31)16-27-20-14-18(29-10-12-32-13-11-29)15-21(23(20)30)33-19-6-4-17(5-7-19)28-24-25-8-3-9-26-24/h3,8-9,14-17,19H,2,4-7,10-13H2,1H3,(H,25,26,28). The highest BCUT2D eigenvalue weighted by molar-refractivity contribution is 5.86. The van der Waals surface area contributed by atoms with Gasteiger partial charge in [-0.1, -0.05) is 0 Å². The van der Waals surface area contributed by atoms with Gasteiger partial charge in [0.15, 0.2) is 0 Å². The Morgan fingerprint density at radius 3 is 2.58 bits per heavy atom. The lowest BCUT2D eigenvalue weighted by atomic mass is 9.93. The van der Waals surface area contributed by atoms with Crippen molar-refractivity contribution >= 4 is 22.7 Å². The number of hydrogen-bond acceptors (Lipinski definition) is 8. The molecule has 2 aromatic heterocycles. The van der Waals surface area contributed by atoms with Crippen molar-refractivity contribution in [3.05, 3.63) is 47.1 Å². The molecule has 2 fully saturated rings. The lowest BCUT2D eigenvalue weighted by molar-refractivity contribution is 0.122. The molecule has 1 N–H and O–H groups in total. The minimum Gasteiger partial charge on any atom is -0.488 e. The summed E-state index contributed by atoms with van der Waals surface area (Å²) in [6.45, 7) is 5.62. The second-order valence-electron chi connectivity index (χ2n) is 8.56. The fraction of sp³-hybridized carbons (Fsp3) is 0.500. The Hall–Kier alpha value is -3.20. The van der Waals surface area contributed by atoms with E-state index < -0.39 is 0 Å². The Labute approximate surface area is 192 Å². The van der Waals surface area contributed by atoms with E-state index in [-0.39, 0.29) is 11.7 Å². The van der Waals surface area contributed by atoms with Crippen molar-refractivity contribution in [2.75, 3.05) is 36.5 Å². The summed E-state index contributed by atoms with van der Waals surface area (Å²) >= 11 is 0. The molecule has 1 aliphatic carbocycles. The summed E-state index contributed by atoms with van der Waals surface area (Å²) in [5.74, 6) is 1.41.